The number of likely N-dealkylation sites (N-methyl/N-ethyl adjacent to an activating group) is 1. The average Bonchev–Trinajstić information content (AvgIpc) is 2.38. The van der Waals surface area contributed by atoms with Crippen LogP contribution in [0.15, 0.2) is 0 Å². The molecule has 0 aromatic heterocycles. The minimum atomic E-state index is 0.218. The molecule has 1 atom stereocenters. The van der Waals surface area contributed by atoms with Crippen molar-refractivity contribution < 1.29 is 4.79 Å². The largest absolute Gasteiger partial charge is 0.338 e. The Morgan fingerprint density at radius 1 is 1.50 bits per heavy atom. The van der Waals surface area contributed by atoms with Crippen LogP contribution in [0.4, 0.5) is 0 Å². The molecule has 0 aliphatic carbocycles. The first-order valence-electron chi connectivity index (χ1n) is 5.26. The lowest BCUT2D eigenvalue weighted by atomic mass is 10.2. The van der Waals surface area contributed by atoms with Gasteiger partial charge in [0.1, 0.15) is 0 Å². The SMILES string of the molecule is CCN1CCCN(C(=O)CBr)C(C)C1. The zero-order valence-electron chi connectivity index (χ0n) is 9.00. The fourth-order valence-electron chi connectivity index (χ4n) is 1.98. The Hall–Kier alpha value is -0.0900. The van der Waals surface area contributed by atoms with Crippen LogP contribution in [0.25, 0.3) is 0 Å². The summed E-state index contributed by atoms with van der Waals surface area (Å²) in [5.74, 6) is 0.218. The minimum Gasteiger partial charge on any atom is -0.338 e. The van der Waals surface area contributed by atoms with Gasteiger partial charge in [0.15, 0.2) is 0 Å². The Morgan fingerprint density at radius 2 is 2.21 bits per heavy atom. The standard InChI is InChI=1S/C10H19BrN2O/c1-3-12-5-4-6-13(9(2)8-12)10(14)7-11/h9H,3-8H2,1-2H3. The Bertz CT molecular complexity index is 199. The highest BCUT2D eigenvalue weighted by molar-refractivity contribution is 9.09. The van der Waals surface area contributed by atoms with Gasteiger partial charge in [0.05, 0.1) is 5.33 Å². The van der Waals surface area contributed by atoms with E-state index >= 15 is 0 Å². The minimum absolute atomic E-state index is 0.218. The van der Waals surface area contributed by atoms with Gasteiger partial charge in [0.25, 0.3) is 0 Å². The van der Waals surface area contributed by atoms with E-state index in [0.29, 0.717) is 11.4 Å². The molecule has 82 valence electrons. The summed E-state index contributed by atoms with van der Waals surface area (Å²) in [7, 11) is 0. The van der Waals surface area contributed by atoms with Crippen molar-refractivity contribution in [1.29, 1.82) is 0 Å². The van der Waals surface area contributed by atoms with Crippen molar-refractivity contribution in [2.45, 2.75) is 26.3 Å². The zero-order chi connectivity index (χ0) is 10.6. The number of amides is 1. The monoisotopic (exact) mass is 262 g/mol. The van der Waals surface area contributed by atoms with Gasteiger partial charge in [-0.2, -0.15) is 0 Å². The number of hydrogen-bond acceptors (Lipinski definition) is 2. The molecule has 1 unspecified atom stereocenters. The van der Waals surface area contributed by atoms with Crippen LogP contribution in [0.1, 0.15) is 20.3 Å². The number of rotatable bonds is 2. The van der Waals surface area contributed by atoms with Gasteiger partial charge in [0, 0.05) is 19.1 Å². The van der Waals surface area contributed by atoms with Gasteiger partial charge in [-0.05, 0) is 26.4 Å². The molecular weight excluding hydrogens is 244 g/mol. The van der Waals surface area contributed by atoms with E-state index in [-0.39, 0.29) is 5.91 Å². The molecule has 0 N–H and O–H groups in total. The van der Waals surface area contributed by atoms with E-state index in [9.17, 15) is 4.79 Å². The molecule has 1 rings (SSSR count). The number of hydrogen-bond donors (Lipinski definition) is 0. The third-order valence-corrected chi connectivity index (χ3v) is 3.29. The van der Waals surface area contributed by atoms with Crippen LogP contribution in [0, 0.1) is 0 Å². The molecule has 0 aromatic carbocycles. The number of alkyl halides is 1. The Labute approximate surface area is 94.6 Å². The van der Waals surface area contributed by atoms with Gasteiger partial charge in [-0.25, -0.2) is 0 Å². The molecule has 0 radical (unpaired) electrons. The van der Waals surface area contributed by atoms with Gasteiger partial charge >= 0.3 is 0 Å². The Morgan fingerprint density at radius 3 is 2.79 bits per heavy atom. The van der Waals surface area contributed by atoms with E-state index in [2.05, 4.69) is 34.7 Å². The van der Waals surface area contributed by atoms with Crippen LogP contribution in [-0.2, 0) is 4.79 Å². The molecule has 0 spiro atoms. The van der Waals surface area contributed by atoms with Gasteiger partial charge in [-0.15, -0.1) is 0 Å². The molecule has 1 amide bonds. The number of halogens is 1. The molecule has 0 aromatic rings. The average molecular weight is 263 g/mol. The third-order valence-electron chi connectivity index (χ3n) is 2.81. The van der Waals surface area contributed by atoms with E-state index in [1.165, 1.54) is 0 Å². The summed E-state index contributed by atoms with van der Waals surface area (Å²) in [5, 5.41) is 0.448. The van der Waals surface area contributed by atoms with E-state index < -0.39 is 0 Å². The molecule has 1 heterocycles. The fourth-order valence-corrected chi connectivity index (χ4v) is 2.31. The van der Waals surface area contributed by atoms with E-state index in [1.54, 1.807) is 0 Å². The molecule has 1 aliphatic heterocycles. The fraction of sp³-hybridized carbons (Fsp3) is 0.900. The quantitative estimate of drug-likeness (QED) is 0.702. The van der Waals surface area contributed by atoms with Crippen molar-refractivity contribution in [2.24, 2.45) is 0 Å². The van der Waals surface area contributed by atoms with Crippen LogP contribution in [0.3, 0.4) is 0 Å². The second-order valence-corrected chi connectivity index (χ2v) is 4.38. The van der Waals surface area contributed by atoms with Gasteiger partial charge in [-0.3, -0.25) is 4.79 Å². The normalized spacial score (nSPS) is 24.8. The third kappa shape index (κ3) is 2.95. The zero-order valence-corrected chi connectivity index (χ0v) is 10.6. The summed E-state index contributed by atoms with van der Waals surface area (Å²) in [6, 6.07) is 0.350. The van der Waals surface area contributed by atoms with E-state index in [1.807, 2.05) is 4.90 Å². The van der Waals surface area contributed by atoms with Crippen LogP contribution >= 0.6 is 15.9 Å². The van der Waals surface area contributed by atoms with Gasteiger partial charge in [-0.1, -0.05) is 22.9 Å². The predicted molar refractivity (Wildman–Crippen MR) is 61.7 cm³/mol. The van der Waals surface area contributed by atoms with Crippen molar-refractivity contribution in [3.8, 4) is 0 Å². The first-order chi connectivity index (χ1) is 6.69. The Balaban J connectivity index is 2.57. The Kier molecular flexibility index (Phi) is 4.89. The summed E-state index contributed by atoms with van der Waals surface area (Å²) in [6.07, 6.45) is 1.09. The highest BCUT2D eigenvalue weighted by Crippen LogP contribution is 2.10. The second kappa shape index (κ2) is 5.71. The topological polar surface area (TPSA) is 23.6 Å². The van der Waals surface area contributed by atoms with Crippen molar-refractivity contribution in [2.75, 3.05) is 31.5 Å². The first-order valence-corrected chi connectivity index (χ1v) is 6.39. The van der Waals surface area contributed by atoms with Crippen molar-refractivity contribution in [3.05, 3.63) is 0 Å². The molecule has 4 heteroatoms. The lowest BCUT2D eigenvalue weighted by Crippen LogP contribution is -2.43. The van der Waals surface area contributed by atoms with Crippen LogP contribution < -0.4 is 0 Å². The highest BCUT2D eigenvalue weighted by Gasteiger charge is 2.23. The molecule has 1 fully saturated rings. The van der Waals surface area contributed by atoms with Crippen LogP contribution in [0.2, 0.25) is 0 Å². The highest BCUT2D eigenvalue weighted by atomic mass is 79.9. The maximum atomic E-state index is 11.6. The van der Waals surface area contributed by atoms with E-state index in [0.717, 1.165) is 32.6 Å². The van der Waals surface area contributed by atoms with Gasteiger partial charge in [0.2, 0.25) is 5.91 Å². The number of carbonyl (C=O) groups excluding carboxylic acids is 1. The summed E-state index contributed by atoms with van der Waals surface area (Å²) in [6.45, 7) is 8.42. The van der Waals surface area contributed by atoms with Crippen LogP contribution in [0.5, 0.6) is 0 Å². The summed E-state index contributed by atoms with van der Waals surface area (Å²) in [4.78, 5) is 16.0. The molecule has 1 aliphatic rings. The van der Waals surface area contributed by atoms with Crippen molar-refractivity contribution in [1.82, 2.24) is 9.80 Å². The van der Waals surface area contributed by atoms with Gasteiger partial charge < -0.3 is 9.80 Å². The summed E-state index contributed by atoms with van der Waals surface area (Å²) in [5.41, 5.74) is 0. The summed E-state index contributed by atoms with van der Waals surface area (Å²) < 4.78 is 0. The lowest BCUT2D eigenvalue weighted by molar-refractivity contribution is -0.130. The molecule has 1 saturated heterocycles. The molecule has 0 saturated carbocycles. The predicted octanol–water partition coefficient (Wildman–Crippen LogP) is 1.32. The molecular formula is C10H19BrN2O. The molecule has 3 nitrogen and oxygen atoms in total. The maximum absolute atomic E-state index is 11.6. The van der Waals surface area contributed by atoms with E-state index in [4.69, 9.17) is 0 Å². The number of nitrogens with zero attached hydrogens (tertiary/aromatic N) is 2. The van der Waals surface area contributed by atoms with Crippen LogP contribution in [-0.4, -0.2) is 53.3 Å². The van der Waals surface area contributed by atoms with Crippen molar-refractivity contribution >= 4 is 21.8 Å². The maximum Gasteiger partial charge on any atom is 0.233 e. The summed E-state index contributed by atoms with van der Waals surface area (Å²) >= 11 is 3.23. The first kappa shape index (κ1) is 12.0. The smallest absolute Gasteiger partial charge is 0.233 e. The second-order valence-electron chi connectivity index (χ2n) is 3.82. The molecule has 0 bridgehead atoms. The molecule has 14 heavy (non-hydrogen) atoms. The lowest BCUT2D eigenvalue weighted by Gasteiger charge is -2.28. The van der Waals surface area contributed by atoms with Crippen molar-refractivity contribution in [3.63, 3.8) is 0 Å². The number of carbonyl (C=O) groups is 1.